The van der Waals surface area contributed by atoms with E-state index in [0.29, 0.717) is 5.56 Å². The molecule has 1 aliphatic heterocycles. The highest BCUT2D eigenvalue weighted by atomic mass is 16.5. The van der Waals surface area contributed by atoms with Gasteiger partial charge in [0.15, 0.2) is 11.5 Å². The minimum atomic E-state index is -1.39. The number of benzene rings is 1. The van der Waals surface area contributed by atoms with Gasteiger partial charge in [0, 0.05) is 14.1 Å². The molecule has 4 amide bonds. The van der Waals surface area contributed by atoms with Crippen molar-refractivity contribution < 1.29 is 33.8 Å². The maximum Gasteiger partial charge on any atom is 0.333 e. The van der Waals surface area contributed by atoms with Gasteiger partial charge in [0.2, 0.25) is 0 Å². The maximum absolute atomic E-state index is 12.2. The smallest absolute Gasteiger partial charge is 0.333 e. The average molecular weight is 347 g/mol. The van der Waals surface area contributed by atoms with Gasteiger partial charge in [-0.1, -0.05) is 6.07 Å². The number of aliphatic carboxylic acids is 1. The molecule has 9 nitrogen and oxygen atoms in total. The van der Waals surface area contributed by atoms with Crippen molar-refractivity contribution in [1.29, 1.82) is 0 Å². The summed E-state index contributed by atoms with van der Waals surface area (Å²) in [6, 6.07) is 3.70. The summed E-state index contributed by atoms with van der Waals surface area (Å²) in [6.45, 7) is -0.647. The number of carboxylic acid groups (broad SMARTS) is 1. The third kappa shape index (κ3) is 3.60. The van der Waals surface area contributed by atoms with Crippen LogP contribution >= 0.6 is 0 Å². The van der Waals surface area contributed by atoms with Crippen LogP contribution in [0.15, 0.2) is 23.8 Å². The number of carboxylic acids is 1. The fraction of sp³-hybridized carbons (Fsp3) is 0.250. The van der Waals surface area contributed by atoms with Crippen molar-refractivity contribution in [3.8, 4) is 11.5 Å². The number of barbiturate groups is 1. The standard InChI is InChI=1S/C16H16N2O7/c1-17-14(21)10(15(22)18(2)16(17)23)6-9-4-5-11(12(7-9)24-3)25-8-13(19)20/h4-7H,8H2,1-3H3,(H,19,20)/p-1. The number of rotatable bonds is 5. The van der Waals surface area contributed by atoms with Crippen molar-refractivity contribution in [3.05, 3.63) is 29.3 Å². The molecule has 1 aromatic rings. The molecule has 1 aliphatic rings. The number of methoxy groups -OCH3 is 1. The largest absolute Gasteiger partial charge is 0.546 e. The third-order valence-corrected chi connectivity index (χ3v) is 3.49. The maximum atomic E-state index is 12.2. The second kappa shape index (κ2) is 7.04. The SMILES string of the molecule is COc1cc(C=C2C(=O)N(C)C(=O)N(C)C2=O)ccc1OCC(=O)[O-]. The fourth-order valence-corrected chi connectivity index (χ4v) is 2.17. The van der Waals surface area contributed by atoms with Gasteiger partial charge in [-0.05, 0) is 23.8 Å². The van der Waals surface area contributed by atoms with Gasteiger partial charge in [-0.2, -0.15) is 0 Å². The lowest BCUT2D eigenvalue weighted by Crippen LogP contribution is -2.52. The van der Waals surface area contributed by atoms with E-state index in [9.17, 15) is 24.3 Å². The summed E-state index contributed by atoms with van der Waals surface area (Å²) in [5, 5.41) is 10.5. The molecular weight excluding hydrogens is 332 g/mol. The zero-order valence-corrected chi connectivity index (χ0v) is 13.8. The van der Waals surface area contributed by atoms with Crippen LogP contribution in [0.4, 0.5) is 4.79 Å². The Kier molecular flexibility index (Phi) is 5.06. The van der Waals surface area contributed by atoms with E-state index in [1.54, 1.807) is 0 Å². The van der Waals surface area contributed by atoms with Crippen LogP contribution in [-0.4, -0.2) is 61.4 Å². The van der Waals surface area contributed by atoms with E-state index < -0.39 is 30.4 Å². The first-order valence-corrected chi connectivity index (χ1v) is 7.08. The van der Waals surface area contributed by atoms with E-state index in [2.05, 4.69) is 0 Å². The lowest BCUT2D eigenvalue weighted by Gasteiger charge is -2.28. The summed E-state index contributed by atoms with van der Waals surface area (Å²) in [5.74, 6) is -2.44. The lowest BCUT2D eigenvalue weighted by molar-refractivity contribution is -0.307. The van der Waals surface area contributed by atoms with Gasteiger partial charge in [-0.15, -0.1) is 0 Å². The van der Waals surface area contributed by atoms with Crippen LogP contribution in [0.3, 0.4) is 0 Å². The molecule has 25 heavy (non-hydrogen) atoms. The Balaban J connectivity index is 2.36. The summed E-state index contributed by atoms with van der Waals surface area (Å²) in [7, 11) is 3.91. The minimum Gasteiger partial charge on any atom is -0.546 e. The van der Waals surface area contributed by atoms with E-state index in [0.717, 1.165) is 9.80 Å². The topological polar surface area (TPSA) is 116 Å². The summed E-state index contributed by atoms with van der Waals surface area (Å²) in [4.78, 5) is 48.2. The second-order valence-corrected chi connectivity index (χ2v) is 5.14. The first kappa shape index (κ1) is 18.0. The van der Waals surface area contributed by atoms with E-state index in [1.165, 1.54) is 45.5 Å². The molecule has 2 rings (SSSR count). The highest BCUT2D eigenvalue weighted by Crippen LogP contribution is 2.29. The Hall–Kier alpha value is -3.36. The van der Waals surface area contributed by atoms with Crippen LogP contribution in [0, 0.1) is 0 Å². The average Bonchev–Trinajstić information content (AvgIpc) is 2.60. The highest BCUT2D eigenvalue weighted by Gasteiger charge is 2.37. The fourth-order valence-electron chi connectivity index (χ4n) is 2.17. The number of hydrogen-bond acceptors (Lipinski definition) is 7. The van der Waals surface area contributed by atoms with Crippen LogP contribution in [0.25, 0.3) is 6.08 Å². The second-order valence-electron chi connectivity index (χ2n) is 5.14. The minimum absolute atomic E-state index is 0.166. The predicted molar refractivity (Wildman–Crippen MR) is 82.4 cm³/mol. The molecule has 0 radical (unpaired) electrons. The molecule has 1 aromatic carbocycles. The monoisotopic (exact) mass is 347 g/mol. The van der Waals surface area contributed by atoms with E-state index in [4.69, 9.17) is 9.47 Å². The Labute approximate surface area is 143 Å². The highest BCUT2D eigenvalue weighted by molar-refractivity contribution is 6.30. The van der Waals surface area contributed by atoms with Crippen LogP contribution < -0.4 is 14.6 Å². The Morgan fingerprint density at radius 1 is 1.12 bits per heavy atom. The number of likely N-dealkylation sites (N-methyl/N-ethyl adjacent to an activating group) is 2. The number of carbonyl (C=O) groups is 4. The van der Waals surface area contributed by atoms with Crippen molar-refractivity contribution in [2.45, 2.75) is 0 Å². The Bertz CT molecular complexity index is 759. The van der Waals surface area contributed by atoms with Crippen molar-refractivity contribution in [2.75, 3.05) is 27.8 Å². The number of urea groups is 1. The first-order valence-electron chi connectivity index (χ1n) is 7.08. The zero-order valence-electron chi connectivity index (χ0n) is 13.8. The molecule has 0 spiro atoms. The molecule has 0 aromatic heterocycles. The number of nitrogens with zero attached hydrogens (tertiary/aromatic N) is 2. The molecule has 9 heteroatoms. The van der Waals surface area contributed by atoms with E-state index in [-0.39, 0.29) is 17.1 Å². The molecule has 0 bridgehead atoms. The number of carbonyl (C=O) groups excluding carboxylic acids is 4. The van der Waals surface area contributed by atoms with E-state index in [1.807, 2.05) is 0 Å². The van der Waals surface area contributed by atoms with E-state index >= 15 is 0 Å². The molecule has 1 heterocycles. The summed E-state index contributed by atoms with van der Waals surface area (Å²) >= 11 is 0. The molecule has 1 fully saturated rings. The lowest BCUT2D eigenvalue weighted by atomic mass is 10.1. The number of imide groups is 2. The number of hydrogen-bond donors (Lipinski definition) is 0. The third-order valence-electron chi connectivity index (χ3n) is 3.49. The van der Waals surface area contributed by atoms with Crippen molar-refractivity contribution in [2.24, 2.45) is 0 Å². The molecule has 0 aliphatic carbocycles. The Morgan fingerprint density at radius 3 is 2.24 bits per heavy atom. The molecule has 0 saturated carbocycles. The van der Waals surface area contributed by atoms with Gasteiger partial charge in [0.25, 0.3) is 11.8 Å². The van der Waals surface area contributed by atoms with Gasteiger partial charge < -0.3 is 19.4 Å². The summed E-state index contributed by atoms with van der Waals surface area (Å²) in [6.07, 6.45) is 1.31. The molecule has 1 saturated heterocycles. The van der Waals surface area contributed by atoms with Gasteiger partial charge in [-0.3, -0.25) is 19.4 Å². The van der Waals surface area contributed by atoms with Gasteiger partial charge in [0.05, 0.1) is 13.1 Å². The Morgan fingerprint density at radius 2 is 1.72 bits per heavy atom. The first-order chi connectivity index (χ1) is 11.8. The number of amides is 4. The van der Waals surface area contributed by atoms with Crippen LogP contribution in [-0.2, 0) is 14.4 Å². The predicted octanol–water partition coefficient (Wildman–Crippen LogP) is -0.742. The van der Waals surface area contributed by atoms with Gasteiger partial charge in [-0.25, -0.2) is 4.79 Å². The quantitative estimate of drug-likeness (QED) is 0.508. The zero-order chi connectivity index (χ0) is 18.7. The van der Waals surface area contributed by atoms with Crippen LogP contribution in [0.1, 0.15) is 5.56 Å². The number of ether oxygens (including phenoxy) is 2. The molecular formula is C16H15N2O7-. The summed E-state index contributed by atoms with van der Waals surface area (Å²) < 4.78 is 10.1. The molecule has 0 unspecified atom stereocenters. The van der Waals surface area contributed by atoms with Crippen molar-refractivity contribution in [1.82, 2.24) is 9.80 Å². The van der Waals surface area contributed by atoms with Gasteiger partial charge in [0.1, 0.15) is 12.2 Å². The molecule has 0 atom stereocenters. The molecule has 0 N–H and O–H groups in total. The van der Waals surface area contributed by atoms with Crippen LogP contribution in [0.2, 0.25) is 0 Å². The normalized spacial score (nSPS) is 14.7. The molecule has 132 valence electrons. The summed E-state index contributed by atoms with van der Waals surface area (Å²) in [5.41, 5.74) is 0.251. The van der Waals surface area contributed by atoms with Crippen molar-refractivity contribution in [3.63, 3.8) is 0 Å². The van der Waals surface area contributed by atoms with Crippen LogP contribution in [0.5, 0.6) is 11.5 Å². The van der Waals surface area contributed by atoms with Gasteiger partial charge >= 0.3 is 6.03 Å². The van der Waals surface area contributed by atoms with Crippen molar-refractivity contribution >= 4 is 29.9 Å².